The fraction of sp³-hybridized carbons (Fsp3) is 0.0769. The monoisotopic (exact) mass is 412 g/mol. The van der Waals surface area contributed by atoms with Crippen LogP contribution in [0.15, 0.2) is 84.9 Å². The predicted molar refractivity (Wildman–Crippen MR) is 121 cm³/mol. The highest BCUT2D eigenvalue weighted by atomic mass is 19.1. The second kappa shape index (κ2) is 9.22. The number of nitrogens with zero attached hydrogens (tertiary/aromatic N) is 1. The zero-order valence-corrected chi connectivity index (χ0v) is 17.0. The molecule has 5 heteroatoms. The fourth-order valence-corrected chi connectivity index (χ4v) is 3.22. The number of hydrogen-bond donors (Lipinski definition) is 1. The molecule has 31 heavy (non-hydrogen) atoms. The minimum atomic E-state index is -0.318. The van der Waals surface area contributed by atoms with Gasteiger partial charge in [-0.05, 0) is 53.6 Å². The molecule has 0 radical (unpaired) electrons. The molecule has 0 aliphatic rings. The first-order valence-corrected chi connectivity index (χ1v) is 9.89. The van der Waals surface area contributed by atoms with Gasteiger partial charge >= 0.3 is 0 Å². The van der Waals surface area contributed by atoms with Crippen LogP contribution in [0.1, 0.15) is 16.8 Å². The molecule has 0 spiro atoms. The van der Waals surface area contributed by atoms with Gasteiger partial charge in [-0.2, -0.15) is 0 Å². The van der Waals surface area contributed by atoms with Crippen LogP contribution in [0.25, 0.3) is 22.6 Å². The summed E-state index contributed by atoms with van der Waals surface area (Å²) in [7, 11) is 1.58. The van der Waals surface area contributed by atoms with Crippen molar-refractivity contribution < 1.29 is 13.9 Å². The lowest BCUT2D eigenvalue weighted by molar-refractivity contribution is -0.115. The first-order chi connectivity index (χ1) is 15.1. The van der Waals surface area contributed by atoms with Crippen LogP contribution in [-0.2, 0) is 11.4 Å². The summed E-state index contributed by atoms with van der Waals surface area (Å²) >= 11 is 0. The van der Waals surface area contributed by atoms with Gasteiger partial charge in [-0.1, -0.05) is 48.5 Å². The van der Waals surface area contributed by atoms with Gasteiger partial charge < -0.3 is 10.1 Å². The third-order valence-corrected chi connectivity index (χ3v) is 4.86. The van der Waals surface area contributed by atoms with Gasteiger partial charge in [-0.25, -0.2) is 9.37 Å². The minimum Gasteiger partial charge on any atom is -0.487 e. The average Bonchev–Trinajstić information content (AvgIpc) is 2.82. The van der Waals surface area contributed by atoms with Crippen LogP contribution in [0, 0.1) is 5.82 Å². The van der Waals surface area contributed by atoms with E-state index in [4.69, 9.17) is 4.74 Å². The van der Waals surface area contributed by atoms with Gasteiger partial charge in [-0.3, -0.25) is 4.79 Å². The number of aromatic nitrogens is 1. The predicted octanol–water partition coefficient (Wildman–Crippen LogP) is 5.24. The van der Waals surface area contributed by atoms with Gasteiger partial charge in [-0.15, -0.1) is 0 Å². The largest absolute Gasteiger partial charge is 0.487 e. The molecule has 4 nitrogen and oxygen atoms in total. The standard InChI is InChI=1S/C26H21FN2O2/c1-28-26(30)24(16-18-6-11-21(27)12-7-18)19-9-14-23(15-10-19)31-17-22-13-8-20-4-2-3-5-25(20)29-22/h2-16H,17H2,1H3,(H,28,30). The van der Waals surface area contributed by atoms with E-state index in [0.717, 1.165) is 27.7 Å². The summed E-state index contributed by atoms with van der Waals surface area (Å²) in [4.78, 5) is 17.0. The van der Waals surface area contributed by atoms with Crippen LogP contribution in [0.4, 0.5) is 4.39 Å². The van der Waals surface area contributed by atoms with Gasteiger partial charge in [0, 0.05) is 18.0 Å². The number of nitrogens with one attached hydrogen (secondary N) is 1. The zero-order chi connectivity index (χ0) is 21.6. The molecule has 0 saturated carbocycles. The number of fused-ring (bicyclic) bond motifs is 1. The number of carbonyl (C=O) groups excluding carboxylic acids is 1. The Hall–Kier alpha value is -3.99. The molecular weight excluding hydrogens is 391 g/mol. The van der Waals surface area contributed by atoms with Crippen LogP contribution in [0.3, 0.4) is 0 Å². The topological polar surface area (TPSA) is 51.2 Å². The lowest BCUT2D eigenvalue weighted by Crippen LogP contribution is -2.19. The molecule has 1 aromatic heterocycles. The number of carbonyl (C=O) groups is 1. The van der Waals surface area contributed by atoms with E-state index in [1.807, 2.05) is 60.7 Å². The molecule has 0 bridgehead atoms. The van der Waals surface area contributed by atoms with Gasteiger partial charge in [0.2, 0.25) is 0 Å². The maximum absolute atomic E-state index is 13.2. The van der Waals surface area contributed by atoms with E-state index in [0.29, 0.717) is 17.9 Å². The molecule has 4 aromatic rings. The number of amides is 1. The molecule has 0 saturated heterocycles. The lowest BCUT2D eigenvalue weighted by atomic mass is 10.0. The number of pyridine rings is 1. The van der Waals surface area contributed by atoms with Crippen molar-refractivity contribution in [1.29, 1.82) is 0 Å². The number of rotatable bonds is 6. The molecule has 4 rings (SSSR count). The SMILES string of the molecule is CNC(=O)C(=Cc1ccc(F)cc1)c1ccc(OCc2ccc3ccccc3n2)cc1. The highest BCUT2D eigenvalue weighted by Gasteiger charge is 2.11. The summed E-state index contributed by atoms with van der Waals surface area (Å²) in [6.45, 7) is 0.345. The van der Waals surface area contributed by atoms with Crippen molar-refractivity contribution in [1.82, 2.24) is 10.3 Å². The minimum absolute atomic E-state index is 0.224. The summed E-state index contributed by atoms with van der Waals surface area (Å²) in [6.07, 6.45) is 1.73. The van der Waals surface area contributed by atoms with Crippen molar-refractivity contribution in [2.75, 3.05) is 7.05 Å². The summed E-state index contributed by atoms with van der Waals surface area (Å²) in [5, 5.41) is 3.74. The molecule has 0 unspecified atom stereocenters. The summed E-state index contributed by atoms with van der Waals surface area (Å²) in [6, 6.07) is 25.2. The quantitative estimate of drug-likeness (QED) is 0.348. The number of para-hydroxylation sites is 1. The van der Waals surface area contributed by atoms with Crippen molar-refractivity contribution in [3.8, 4) is 5.75 Å². The number of ether oxygens (including phenoxy) is 1. The maximum atomic E-state index is 13.2. The van der Waals surface area contributed by atoms with Crippen molar-refractivity contribution in [2.45, 2.75) is 6.61 Å². The van der Waals surface area contributed by atoms with E-state index in [1.165, 1.54) is 12.1 Å². The highest BCUT2D eigenvalue weighted by Crippen LogP contribution is 2.23. The fourth-order valence-electron chi connectivity index (χ4n) is 3.22. The van der Waals surface area contributed by atoms with E-state index in [-0.39, 0.29) is 11.7 Å². The molecule has 154 valence electrons. The van der Waals surface area contributed by atoms with Crippen molar-refractivity contribution in [2.24, 2.45) is 0 Å². The average molecular weight is 412 g/mol. The smallest absolute Gasteiger partial charge is 0.251 e. The van der Waals surface area contributed by atoms with Gasteiger partial charge in [0.1, 0.15) is 18.2 Å². The Labute approximate surface area is 180 Å². The van der Waals surface area contributed by atoms with Gasteiger partial charge in [0.05, 0.1) is 11.2 Å². The van der Waals surface area contributed by atoms with Crippen molar-refractivity contribution in [3.05, 3.63) is 108 Å². The van der Waals surface area contributed by atoms with Crippen LogP contribution < -0.4 is 10.1 Å². The third-order valence-electron chi connectivity index (χ3n) is 4.86. The number of benzene rings is 3. The van der Waals surface area contributed by atoms with Crippen LogP contribution in [0.2, 0.25) is 0 Å². The number of likely N-dealkylation sites (N-methyl/N-ethyl adjacent to an activating group) is 1. The Morgan fingerprint density at radius 3 is 2.45 bits per heavy atom. The van der Waals surface area contributed by atoms with Crippen LogP contribution >= 0.6 is 0 Å². The Kier molecular flexibility index (Phi) is 6.03. The zero-order valence-electron chi connectivity index (χ0n) is 17.0. The number of halogens is 1. The lowest BCUT2D eigenvalue weighted by Gasteiger charge is -2.10. The van der Waals surface area contributed by atoms with Crippen molar-refractivity contribution >= 4 is 28.5 Å². The van der Waals surface area contributed by atoms with Gasteiger partial charge in [0.15, 0.2) is 0 Å². The molecule has 3 aromatic carbocycles. The normalized spacial score (nSPS) is 11.4. The van der Waals surface area contributed by atoms with E-state index in [9.17, 15) is 9.18 Å². The van der Waals surface area contributed by atoms with Crippen LogP contribution in [0.5, 0.6) is 5.75 Å². The molecule has 1 N–H and O–H groups in total. The molecule has 0 fully saturated rings. The summed E-state index contributed by atoms with van der Waals surface area (Å²) in [5.74, 6) is 0.135. The van der Waals surface area contributed by atoms with E-state index < -0.39 is 0 Å². The first-order valence-electron chi connectivity index (χ1n) is 9.89. The molecule has 1 heterocycles. The Morgan fingerprint density at radius 1 is 0.968 bits per heavy atom. The van der Waals surface area contributed by atoms with E-state index >= 15 is 0 Å². The second-order valence-electron chi connectivity index (χ2n) is 7.00. The van der Waals surface area contributed by atoms with Crippen molar-refractivity contribution in [3.63, 3.8) is 0 Å². The van der Waals surface area contributed by atoms with E-state index in [1.54, 1.807) is 25.3 Å². The Morgan fingerprint density at radius 2 is 1.71 bits per heavy atom. The van der Waals surface area contributed by atoms with Crippen LogP contribution in [-0.4, -0.2) is 17.9 Å². The number of hydrogen-bond acceptors (Lipinski definition) is 3. The second-order valence-corrected chi connectivity index (χ2v) is 7.00. The Balaban J connectivity index is 1.50. The van der Waals surface area contributed by atoms with E-state index in [2.05, 4.69) is 10.3 Å². The molecule has 0 aliphatic carbocycles. The van der Waals surface area contributed by atoms with Gasteiger partial charge in [0.25, 0.3) is 5.91 Å². The third kappa shape index (κ3) is 4.95. The molecule has 1 amide bonds. The highest BCUT2D eigenvalue weighted by molar-refractivity contribution is 6.24. The summed E-state index contributed by atoms with van der Waals surface area (Å²) < 4.78 is 19.0. The first kappa shape index (κ1) is 20.3. The molecular formula is C26H21FN2O2. The summed E-state index contributed by atoms with van der Waals surface area (Å²) in [5.41, 5.74) is 3.73. The molecule has 0 aliphatic heterocycles. The molecule has 0 atom stereocenters. The Bertz CT molecular complexity index is 1230. The maximum Gasteiger partial charge on any atom is 0.251 e.